The lowest BCUT2D eigenvalue weighted by atomic mass is 9.97. The second-order valence-corrected chi connectivity index (χ2v) is 5.16. The molecule has 0 radical (unpaired) electrons. The Morgan fingerprint density at radius 3 is 2.75 bits per heavy atom. The van der Waals surface area contributed by atoms with Crippen molar-refractivity contribution in [2.75, 3.05) is 7.11 Å². The summed E-state index contributed by atoms with van der Waals surface area (Å²) in [5, 5.41) is 4.39. The number of benzene rings is 1. The molecule has 0 fully saturated rings. The highest BCUT2D eigenvalue weighted by Gasteiger charge is 2.21. The van der Waals surface area contributed by atoms with Crippen LogP contribution < -0.4 is 10.5 Å². The van der Waals surface area contributed by atoms with E-state index in [1.165, 1.54) is 11.1 Å². The van der Waals surface area contributed by atoms with Crippen LogP contribution in [-0.4, -0.2) is 16.9 Å². The Hall–Kier alpha value is -1.81. The summed E-state index contributed by atoms with van der Waals surface area (Å²) in [7, 11) is 1.66. The van der Waals surface area contributed by atoms with Gasteiger partial charge in [-0.2, -0.15) is 5.10 Å². The highest BCUT2D eigenvalue weighted by atomic mass is 16.5. The van der Waals surface area contributed by atoms with E-state index in [4.69, 9.17) is 10.5 Å². The molecular formula is C16H23N3O. The number of ether oxygens (including phenoxy) is 1. The molecule has 1 aromatic heterocycles. The van der Waals surface area contributed by atoms with E-state index in [-0.39, 0.29) is 6.04 Å². The number of hydrogen-bond donors (Lipinski definition) is 1. The summed E-state index contributed by atoms with van der Waals surface area (Å²) in [6, 6.07) is 6.13. The van der Waals surface area contributed by atoms with Crippen LogP contribution in [0.2, 0.25) is 0 Å². The predicted octanol–water partition coefficient (Wildman–Crippen LogP) is 2.97. The van der Waals surface area contributed by atoms with Gasteiger partial charge in [-0.15, -0.1) is 0 Å². The fourth-order valence-corrected chi connectivity index (χ4v) is 2.48. The van der Waals surface area contributed by atoms with E-state index in [1.54, 1.807) is 13.3 Å². The van der Waals surface area contributed by atoms with Crippen LogP contribution in [0.15, 0.2) is 24.4 Å². The molecule has 0 saturated heterocycles. The molecule has 0 aliphatic carbocycles. The molecule has 0 aliphatic rings. The molecule has 20 heavy (non-hydrogen) atoms. The molecule has 2 rings (SSSR count). The van der Waals surface area contributed by atoms with Gasteiger partial charge in [-0.1, -0.05) is 30.7 Å². The van der Waals surface area contributed by atoms with Gasteiger partial charge in [-0.05, 0) is 31.4 Å². The van der Waals surface area contributed by atoms with Crippen molar-refractivity contribution in [1.82, 2.24) is 9.78 Å². The highest BCUT2D eigenvalue weighted by molar-refractivity contribution is 5.41. The van der Waals surface area contributed by atoms with Gasteiger partial charge in [0.05, 0.1) is 19.3 Å². The van der Waals surface area contributed by atoms with Gasteiger partial charge >= 0.3 is 0 Å². The molecule has 0 amide bonds. The molecule has 0 aliphatic heterocycles. The van der Waals surface area contributed by atoms with Crippen molar-refractivity contribution >= 4 is 0 Å². The molecule has 0 spiro atoms. The normalized spacial score (nSPS) is 12.4. The minimum absolute atomic E-state index is 0.223. The van der Waals surface area contributed by atoms with Crippen molar-refractivity contribution in [3.63, 3.8) is 0 Å². The maximum absolute atomic E-state index is 6.50. The largest absolute Gasteiger partial charge is 0.493 e. The molecule has 1 aromatic carbocycles. The number of nitrogens with two attached hydrogens (primary N) is 1. The highest BCUT2D eigenvalue weighted by Crippen LogP contribution is 2.30. The molecule has 2 aromatic rings. The topological polar surface area (TPSA) is 53.1 Å². The van der Waals surface area contributed by atoms with E-state index in [0.29, 0.717) is 0 Å². The second-order valence-electron chi connectivity index (χ2n) is 5.16. The first-order valence-electron chi connectivity index (χ1n) is 7.00. The standard InChI is InChI=1S/C16H23N3O/c1-5-8-19-16(14(20-4)10-18-19)15(17)13-9-11(2)6-7-12(13)3/h6-7,9-10,15H,5,8,17H2,1-4H3. The number of aryl methyl sites for hydroxylation is 3. The van der Waals surface area contributed by atoms with Gasteiger partial charge in [0.25, 0.3) is 0 Å². The number of hydrogen-bond acceptors (Lipinski definition) is 3. The zero-order chi connectivity index (χ0) is 14.7. The SMILES string of the molecule is CCCn1ncc(OC)c1C(N)c1cc(C)ccc1C. The van der Waals surface area contributed by atoms with Gasteiger partial charge in [0, 0.05) is 6.54 Å². The first-order chi connectivity index (χ1) is 9.58. The monoisotopic (exact) mass is 273 g/mol. The van der Waals surface area contributed by atoms with Gasteiger partial charge in [-0.3, -0.25) is 4.68 Å². The Morgan fingerprint density at radius 1 is 1.35 bits per heavy atom. The van der Waals surface area contributed by atoms with Gasteiger partial charge < -0.3 is 10.5 Å². The molecule has 4 heteroatoms. The van der Waals surface area contributed by atoms with Crippen LogP contribution >= 0.6 is 0 Å². The van der Waals surface area contributed by atoms with Gasteiger partial charge in [0.2, 0.25) is 0 Å². The lowest BCUT2D eigenvalue weighted by Gasteiger charge is -2.18. The molecule has 0 saturated carbocycles. The average Bonchev–Trinajstić information content (AvgIpc) is 2.84. The summed E-state index contributed by atoms with van der Waals surface area (Å²) in [6.07, 6.45) is 2.76. The van der Waals surface area contributed by atoms with Crippen molar-refractivity contribution in [3.8, 4) is 5.75 Å². The Kier molecular flexibility index (Phi) is 4.45. The van der Waals surface area contributed by atoms with Crippen LogP contribution in [0.25, 0.3) is 0 Å². The lowest BCUT2D eigenvalue weighted by Crippen LogP contribution is -2.19. The maximum Gasteiger partial charge on any atom is 0.161 e. The average molecular weight is 273 g/mol. The molecule has 1 atom stereocenters. The van der Waals surface area contributed by atoms with E-state index in [1.807, 2.05) is 4.68 Å². The van der Waals surface area contributed by atoms with Crippen LogP contribution in [0.1, 0.15) is 41.8 Å². The molecule has 1 heterocycles. The third kappa shape index (κ3) is 2.70. The third-order valence-corrected chi connectivity index (χ3v) is 3.56. The summed E-state index contributed by atoms with van der Waals surface area (Å²) in [5.41, 5.74) is 11.0. The minimum atomic E-state index is -0.223. The van der Waals surface area contributed by atoms with Gasteiger partial charge in [-0.25, -0.2) is 0 Å². The van der Waals surface area contributed by atoms with E-state index >= 15 is 0 Å². The van der Waals surface area contributed by atoms with Gasteiger partial charge in [0.15, 0.2) is 5.75 Å². The fraction of sp³-hybridized carbons (Fsp3) is 0.438. The van der Waals surface area contributed by atoms with Crippen molar-refractivity contribution < 1.29 is 4.74 Å². The molecular weight excluding hydrogens is 250 g/mol. The van der Waals surface area contributed by atoms with Crippen molar-refractivity contribution in [2.45, 2.75) is 39.8 Å². The predicted molar refractivity (Wildman–Crippen MR) is 81.0 cm³/mol. The summed E-state index contributed by atoms with van der Waals surface area (Å²) >= 11 is 0. The summed E-state index contributed by atoms with van der Waals surface area (Å²) in [4.78, 5) is 0. The molecule has 1 unspecified atom stereocenters. The van der Waals surface area contributed by atoms with Crippen LogP contribution in [0.5, 0.6) is 5.75 Å². The van der Waals surface area contributed by atoms with E-state index in [9.17, 15) is 0 Å². The van der Waals surface area contributed by atoms with Crippen LogP contribution in [0, 0.1) is 13.8 Å². The Labute approximate surface area is 120 Å². The third-order valence-electron chi connectivity index (χ3n) is 3.56. The lowest BCUT2D eigenvalue weighted by molar-refractivity contribution is 0.404. The minimum Gasteiger partial charge on any atom is -0.493 e. The van der Waals surface area contributed by atoms with Crippen molar-refractivity contribution in [2.24, 2.45) is 5.73 Å². The Balaban J connectivity index is 2.48. The van der Waals surface area contributed by atoms with Gasteiger partial charge in [0.1, 0.15) is 5.69 Å². The summed E-state index contributed by atoms with van der Waals surface area (Å²) in [5.74, 6) is 0.756. The number of rotatable bonds is 5. The van der Waals surface area contributed by atoms with E-state index < -0.39 is 0 Å². The smallest absolute Gasteiger partial charge is 0.161 e. The summed E-state index contributed by atoms with van der Waals surface area (Å²) in [6.45, 7) is 7.14. The first kappa shape index (κ1) is 14.6. The Bertz CT molecular complexity index is 589. The summed E-state index contributed by atoms with van der Waals surface area (Å²) < 4.78 is 7.37. The van der Waals surface area contributed by atoms with E-state index in [2.05, 4.69) is 44.1 Å². The first-order valence-corrected chi connectivity index (χ1v) is 7.00. The van der Waals surface area contributed by atoms with E-state index in [0.717, 1.165) is 30.0 Å². The molecule has 4 nitrogen and oxygen atoms in total. The number of methoxy groups -OCH3 is 1. The quantitative estimate of drug-likeness (QED) is 0.911. The maximum atomic E-state index is 6.50. The second kappa shape index (κ2) is 6.09. The van der Waals surface area contributed by atoms with Crippen LogP contribution in [0.4, 0.5) is 0 Å². The number of nitrogens with zero attached hydrogens (tertiary/aromatic N) is 2. The van der Waals surface area contributed by atoms with Crippen molar-refractivity contribution in [3.05, 3.63) is 46.8 Å². The Morgan fingerprint density at radius 2 is 2.10 bits per heavy atom. The number of aromatic nitrogens is 2. The molecule has 108 valence electrons. The van der Waals surface area contributed by atoms with Crippen LogP contribution in [-0.2, 0) is 6.54 Å². The zero-order valence-corrected chi connectivity index (χ0v) is 12.7. The fourth-order valence-electron chi connectivity index (χ4n) is 2.48. The zero-order valence-electron chi connectivity index (χ0n) is 12.7. The molecule has 0 bridgehead atoms. The molecule has 2 N–H and O–H groups in total. The van der Waals surface area contributed by atoms with Crippen LogP contribution in [0.3, 0.4) is 0 Å². The van der Waals surface area contributed by atoms with Crippen molar-refractivity contribution in [1.29, 1.82) is 0 Å².